The van der Waals surface area contributed by atoms with Crippen LogP contribution >= 0.6 is 11.8 Å². The molecule has 0 aliphatic carbocycles. The molecule has 0 saturated heterocycles. The number of aromatic nitrogens is 4. The molecule has 2 aromatic carbocycles. The summed E-state index contributed by atoms with van der Waals surface area (Å²) in [4.78, 5) is 0. The maximum Gasteiger partial charge on any atom is 0.573 e. The fraction of sp³-hybridized carbons (Fsp3) is 0.188. The Morgan fingerprint density at radius 1 is 1.08 bits per heavy atom. The summed E-state index contributed by atoms with van der Waals surface area (Å²) in [5.41, 5.74) is 1.50. The van der Waals surface area contributed by atoms with Gasteiger partial charge >= 0.3 is 6.36 Å². The van der Waals surface area contributed by atoms with E-state index in [1.807, 2.05) is 24.3 Å². The van der Waals surface area contributed by atoms with Crippen LogP contribution in [0.2, 0.25) is 0 Å². The average Bonchev–Trinajstić information content (AvgIpc) is 3.08. The van der Waals surface area contributed by atoms with Gasteiger partial charge in [0.15, 0.2) is 0 Å². The number of rotatable bonds is 6. The number of methoxy groups -OCH3 is 1. The third-order valence-electron chi connectivity index (χ3n) is 3.31. The van der Waals surface area contributed by atoms with E-state index in [0.29, 0.717) is 16.6 Å². The third-order valence-corrected chi connectivity index (χ3v) is 4.27. The minimum Gasteiger partial charge on any atom is -0.496 e. The number of nitrogens with zero attached hydrogens (tertiary/aromatic N) is 4. The Bertz CT molecular complexity index is 868. The monoisotopic (exact) mass is 382 g/mol. The van der Waals surface area contributed by atoms with Gasteiger partial charge in [0.1, 0.15) is 11.5 Å². The molecule has 0 aliphatic heterocycles. The summed E-state index contributed by atoms with van der Waals surface area (Å²) >= 11 is 1.38. The molecular formula is C16H13F3N4O2S. The van der Waals surface area contributed by atoms with Crippen molar-refractivity contribution >= 4 is 11.8 Å². The lowest BCUT2D eigenvalue weighted by molar-refractivity contribution is -0.274. The highest BCUT2D eigenvalue weighted by atomic mass is 32.2. The Morgan fingerprint density at radius 2 is 1.81 bits per heavy atom. The summed E-state index contributed by atoms with van der Waals surface area (Å²) in [5.74, 6) is 1.02. The minimum absolute atomic E-state index is 0.308. The van der Waals surface area contributed by atoms with Crippen molar-refractivity contribution in [1.82, 2.24) is 20.2 Å². The largest absolute Gasteiger partial charge is 0.573 e. The van der Waals surface area contributed by atoms with Crippen molar-refractivity contribution in [3.63, 3.8) is 0 Å². The van der Waals surface area contributed by atoms with Crippen LogP contribution in [-0.2, 0) is 5.75 Å². The first-order valence-electron chi connectivity index (χ1n) is 7.35. The van der Waals surface area contributed by atoms with Crippen LogP contribution in [0.5, 0.6) is 11.5 Å². The zero-order valence-electron chi connectivity index (χ0n) is 13.5. The highest BCUT2D eigenvalue weighted by Crippen LogP contribution is 2.28. The molecule has 0 amide bonds. The van der Waals surface area contributed by atoms with E-state index in [0.717, 1.165) is 11.3 Å². The second-order valence-electron chi connectivity index (χ2n) is 5.02. The number of thioether (sulfide) groups is 1. The van der Waals surface area contributed by atoms with Gasteiger partial charge in [-0.3, -0.25) is 0 Å². The van der Waals surface area contributed by atoms with Gasteiger partial charge < -0.3 is 9.47 Å². The van der Waals surface area contributed by atoms with Gasteiger partial charge in [-0.15, -0.1) is 18.3 Å². The van der Waals surface area contributed by atoms with Gasteiger partial charge in [-0.25, -0.2) is 0 Å². The molecule has 0 spiro atoms. The summed E-state index contributed by atoms with van der Waals surface area (Å²) in [6, 6.07) is 12.9. The molecule has 3 aromatic rings. The zero-order valence-corrected chi connectivity index (χ0v) is 14.3. The number of hydrogen-bond donors (Lipinski definition) is 0. The van der Waals surface area contributed by atoms with Crippen LogP contribution in [0.1, 0.15) is 5.56 Å². The molecule has 0 atom stereocenters. The second kappa shape index (κ2) is 7.65. The molecule has 26 heavy (non-hydrogen) atoms. The van der Waals surface area contributed by atoms with E-state index < -0.39 is 6.36 Å². The van der Waals surface area contributed by atoms with Crippen LogP contribution in [0.15, 0.2) is 53.7 Å². The average molecular weight is 382 g/mol. The van der Waals surface area contributed by atoms with Crippen LogP contribution in [0.3, 0.4) is 0 Å². The van der Waals surface area contributed by atoms with Crippen LogP contribution in [-0.4, -0.2) is 33.7 Å². The summed E-state index contributed by atoms with van der Waals surface area (Å²) in [6.07, 6.45) is -4.73. The lowest BCUT2D eigenvalue weighted by Crippen LogP contribution is -2.17. The number of ether oxygens (including phenoxy) is 2. The highest BCUT2D eigenvalue weighted by molar-refractivity contribution is 7.98. The molecule has 0 bridgehead atoms. The molecule has 6 nitrogen and oxygen atoms in total. The summed E-state index contributed by atoms with van der Waals surface area (Å²) in [6.45, 7) is 0. The number of benzene rings is 2. The Labute approximate surface area is 150 Å². The Hall–Kier alpha value is -2.75. The second-order valence-corrected chi connectivity index (χ2v) is 5.96. The third kappa shape index (κ3) is 4.45. The van der Waals surface area contributed by atoms with Gasteiger partial charge in [-0.05, 0) is 40.8 Å². The van der Waals surface area contributed by atoms with Crippen molar-refractivity contribution in [3.8, 4) is 17.2 Å². The Morgan fingerprint density at radius 3 is 2.50 bits per heavy atom. The van der Waals surface area contributed by atoms with Gasteiger partial charge in [-0.2, -0.15) is 4.68 Å². The Kier molecular flexibility index (Phi) is 5.31. The van der Waals surface area contributed by atoms with E-state index in [2.05, 4.69) is 20.3 Å². The van der Waals surface area contributed by atoms with Crippen molar-refractivity contribution < 1.29 is 22.6 Å². The first-order chi connectivity index (χ1) is 12.5. The quantitative estimate of drug-likeness (QED) is 0.604. The molecule has 0 fully saturated rings. The smallest absolute Gasteiger partial charge is 0.496 e. The summed E-state index contributed by atoms with van der Waals surface area (Å²) in [7, 11) is 1.60. The van der Waals surface area contributed by atoms with Crippen molar-refractivity contribution in [2.45, 2.75) is 17.3 Å². The molecular weight excluding hydrogens is 369 g/mol. The van der Waals surface area contributed by atoms with Crippen LogP contribution < -0.4 is 9.47 Å². The van der Waals surface area contributed by atoms with Crippen LogP contribution in [0, 0.1) is 0 Å². The van der Waals surface area contributed by atoms with E-state index in [-0.39, 0.29) is 5.75 Å². The van der Waals surface area contributed by atoms with Crippen molar-refractivity contribution in [3.05, 3.63) is 54.1 Å². The number of hydrogen-bond acceptors (Lipinski definition) is 6. The fourth-order valence-corrected chi connectivity index (χ4v) is 3.07. The number of para-hydroxylation sites is 1. The lowest BCUT2D eigenvalue weighted by Gasteiger charge is -2.10. The molecule has 3 rings (SSSR count). The number of tetrazole rings is 1. The number of alkyl halides is 3. The standard InChI is InChI=1S/C16H13F3N4O2S/c1-24-14-5-3-2-4-11(14)10-26-15-20-21-22-23(15)12-6-8-13(9-7-12)25-16(17,18)19/h2-9H,10H2,1H3. The first-order valence-corrected chi connectivity index (χ1v) is 8.34. The van der Waals surface area contributed by atoms with Gasteiger partial charge in [0.25, 0.3) is 0 Å². The van der Waals surface area contributed by atoms with Crippen molar-refractivity contribution in [1.29, 1.82) is 0 Å². The van der Waals surface area contributed by atoms with Crippen LogP contribution in [0.25, 0.3) is 5.69 Å². The van der Waals surface area contributed by atoms with Crippen molar-refractivity contribution in [2.75, 3.05) is 7.11 Å². The Balaban J connectivity index is 1.74. The summed E-state index contributed by atoms with van der Waals surface area (Å²) < 4.78 is 47.3. The topological polar surface area (TPSA) is 62.1 Å². The lowest BCUT2D eigenvalue weighted by atomic mass is 10.2. The van der Waals surface area contributed by atoms with E-state index in [4.69, 9.17) is 4.74 Å². The summed E-state index contributed by atoms with van der Waals surface area (Å²) in [5, 5.41) is 12.0. The molecule has 1 heterocycles. The molecule has 0 N–H and O–H groups in total. The van der Waals surface area contributed by atoms with Crippen LogP contribution in [0.4, 0.5) is 13.2 Å². The zero-order chi connectivity index (χ0) is 18.6. The SMILES string of the molecule is COc1ccccc1CSc1nnnn1-c1ccc(OC(F)(F)F)cc1. The first kappa shape index (κ1) is 18.1. The predicted octanol–water partition coefficient (Wildman–Crippen LogP) is 3.86. The molecule has 1 aromatic heterocycles. The van der Waals surface area contributed by atoms with E-state index in [1.165, 1.54) is 40.7 Å². The molecule has 0 saturated carbocycles. The molecule has 10 heteroatoms. The normalized spacial score (nSPS) is 11.4. The maximum atomic E-state index is 12.2. The van der Waals surface area contributed by atoms with E-state index in [9.17, 15) is 13.2 Å². The van der Waals surface area contributed by atoms with Gasteiger partial charge in [0.2, 0.25) is 5.16 Å². The molecule has 0 aliphatic rings. The van der Waals surface area contributed by atoms with Gasteiger partial charge in [0, 0.05) is 11.3 Å². The molecule has 0 unspecified atom stereocenters. The fourth-order valence-electron chi connectivity index (χ4n) is 2.18. The van der Waals surface area contributed by atoms with Gasteiger partial charge in [-0.1, -0.05) is 30.0 Å². The number of halogens is 3. The molecule has 0 radical (unpaired) electrons. The highest BCUT2D eigenvalue weighted by Gasteiger charge is 2.31. The molecule has 136 valence electrons. The van der Waals surface area contributed by atoms with E-state index >= 15 is 0 Å². The maximum absolute atomic E-state index is 12.2. The van der Waals surface area contributed by atoms with Gasteiger partial charge in [0.05, 0.1) is 12.8 Å². The van der Waals surface area contributed by atoms with Crippen molar-refractivity contribution in [2.24, 2.45) is 0 Å². The van der Waals surface area contributed by atoms with E-state index in [1.54, 1.807) is 7.11 Å². The predicted molar refractivity (Wildman–Crippen MR) is 88.4 cm³/mol. The minimum atomic E-state index is -4.73.